The lowest BCUT2D eigenvalue weighted by atomic mass is 10.0. The van der Waals surface area contributed by atoms with Gasteiger partial charge in [0.15, 0.2) is 6.10 Å². The van der Waals surface area contributed by atoms with Gasteiger partial charge in [0.25, 0.3) is 0 Å². The van der Waals surface area contributed by atoms with Gasteiger partial charge in [-0.1, -0.05) is 18.2 Å². The summed E-state index contributed by atoms with van der Waals surface area (Å²) in [5, 5.41) is 0.666. The first kappa shape index (κ1) is 22.3. The van der Waals surface area contributed by atoms with Gasteiger partial charge in [-0.15, -0.1) is 0 Å². The molecule has 2 heterocycles. The Labute approximate surface area is 190 Å². The number of carbonyl (C=O) groups is 4. The van der Waals surface area contributed by atoms with Crippen molar-refractivity contribution in [3.63, 3.8) is 0 Å². The molecule has 1 unspecified atom stereocenters. The average molecular weight is 448 g/mol. The Balaban J connectivity index is 1.47. The topological polar surface area (TPSA) is 94.9 Å². The Bertz CT molecular complexity index is 1280. The quantitative estimate of drug-likeness (QED) is 0.425. The van der Waals surface area contributed by atoms with Crippen molar-refractivity contribution in [2.24, 2.45) is 0 Å². The number of aromatic nitrogens is 1. The van der Waals surface area contributed by atoms with E-state index < -0.39 is 18.0 Å². The fraction of sp³-hybridized carbons (Fsp3) is 0.280. The van der Waals surface area contributed by atoms with Crippen LogP contribution in [-0.2, 0) is 32.0 Å². The Hall–Kier alpha value is -3.94. The third-order valence-electron chi connectivity index (χ3n) is 5.81. The molecule has 8 nitrogen and oxygen atoms in total. The average Bonchev–Trinajstić information content (AvgIpc) is 3.39. The Morgan fingerprint density at radius 2 is 1.85 bits per heavy atom. The fourth-order valence-corrected chi connectivity index (χ4v) is 4.19. The van der Waals surface area contributed by atoms with Crippen LogP contribution in [-0.4, -0.2) is 48.0 Å². The van der Waals surface area contributed by atoms with Crippen LogP contribution in [0.4, 0.5) is 5.69 Å². The van der Waals surface area contributed by atoms with Gasteiger partial charge in [0, 0.05) is 41.8 Å². The van der Waals surface area contributed by atoms with Crippen LogP contribution in [0.25, 0.3) is 10.9 Å². The van der Waals surface area contributed by atoms with Crippen LogP contribution in [0, 0.1) is 0 Å². The summed E-state index contributed by atoms with van der Waals surface area (Å²) in [6.45, 7) is 3.47. The number of ketones is 1. The number of Topliss-reactive ketones (excluding diaryl/α,β-unsaturated/α-hetero) is 1. The van der Waals surface area contributed by atoms with E-state index in [1.807, 2.05) is 0 Å². The predicted molar refractivity (Wildman–Crippen MR) is 121 cm³/mol. The normalized spacial score (nSPS) is 13.5. The van der Waals surface area contributed by atoms with Crippen molar-refractivity contribution in [1.29, 1.82) is 0 Å². The van der Waals surface area contributed by atoms with Crippen molar-refractivity contribution in [3.8, 4) is 0 Å². The number of para-hydroxylation sites is 1. The molecule has 0 aliphatic carbocycles. The Morgan fingerprint density at radius 3 is 2.58 bits per heavy atom. The van der Waals surface area contributed by atoms with Crippen LogP contribution in [0.2, 0.25) is 0 Å². The standard InChI is InChI=1S/C25H24N2O6/c1-15(24(30)18-8-9-21-17(12-18)10-11-27(21)16(2)28)33-23(29)14-26-13-20(25(31)32-3)19-6-4-5-7-22(19)26/h4-9,12-13,15H,10-11,14H2,1-3H3. The summed E-state index contributed by atoms with van der Waals surface area (Å²) in [7, 11) is 1.30. The van der Waals surface area contributed by atoms with Crippen molar-refractivity contribution in [1.82, 2.24) is 4.57 Å². The van der Waals surface area contributed by atoms with E-state index in [0.717, 1.165) is 11.3 Å². The number of fused-ring (bicyclic) bond motifs is 2. The fourth-order valence-electron chi connectivity index (χ4n) is 4.19. The van der Waals surface area contributed by atoms with Crippen molar-refractivity contribution >= 4 is 40.2 Å². The Morgan fingerprint density at radius 1 is 1.09 bits per heavy atom. The van der Waals surface area contributed by atoms with Crippen molar-refractivity contribution < 1.29 is 28.7 Å². The molecule has 1 aliphatic heterocycles. The molecule has 170 valence electrons. The van der Waals surface area contributed by atoms with E-state index in [-0.39, 0.29) is 18.2 Å². The summed E-state index contributed by atoms with van der Waals surface area (Å²) in [5.41, 5.74) is 3.19. The van der Waals surface area contributed by atoms with Gasteiger partial charge in [0.1, 0.15) is 6.54 Å². The van der Waals surface area contributed by atoms with Crippen LogP contribution in [0.5, 0.6) is 0 Å². The molecule has 0 saturated carbocycles. The number of methoxy groups -OCH3 is 1. The summed E-state index contributed by atoms with van der Waals surface area (Å²) in [4.78, 5) is 50.9. The van der Waals surface area contributed by atoms with Crippen molar-refractivity contribution in [2.75, 3.05) is 18.6 Å². The maximum absolute atomic E-state index is 12.9. The molecule has 0 spiro atoms. The number of hydrogen-bond acceptors (Lipinski definition) is 6. The number of amides is 1. The van der Waals surface area contributed by atoms with E-state index in [2.05, 4.69) is 0 Å². The monoisotopic (exact) mass is 448 g/mol. The molecule has 1 aliphatic rings. The van der Waals surface area contributed by atoms with Crippen LogP contribution >= 0.6 is 0 Å². The lowest BCUT2D eigenvalue weighted by molar-refractivity contribution is -0.146. The number of carbonyl (C=O) groups excluding carboxylic acids is 4. The summed E-state index contributed by atoms with van der Waals surface area (Å²) in [5.74, 6) is -1.46. The first-order valence-corrected chi connectivity index (χ1v) is 10.6. The third kappa shape index (κ3) is 4.24. The third-order valence-corrected chi connectivity index (χ3v) is 5.81. The highest BCUT2D eigenvalue weighted by Gasteiger charge is 2.26. The molecule has 3 aromatic rings. The minimum absolute atomic E-state index is 0.0389. The molecule has 4 rings (SSSR count). The maximum Gasteiger partial charge on any atom is 0.340 e. The first-order valence-electron chi connectivity index (χ1n) is 10.6. The number of esters is 2. The highest BCUT2D eigenvalue weighted by molar-refractivity contribution is 6.05. The summed E-state index contributed by atoms with van der Waals surface area (Å²) >= 11 is 0. The molecule has 1 amide bonds. The maximum atomic E-state index is 12.9. The van der Waals surface area contributed by atoms with Gasteiger partial charge in [-0.05, 0) is 43.2 Å². The number of nitrogens with zero attached hydrogens (tertiary/aromatic N) is 2. The second-order valence-electron chi connectivity index (χ2n) is 7.94. The first-order chi connectivity index (χ1) is 15.8. The van der Waals surface area contributed by atoms with E-state index in [1.54, 1.807) is 58.1 Å². The van der Waals surface area contributed by atoms with Gasteiger partial charge in [-0.2, -0.15) is 0 Å². The van der Waals surface area contributed by atoms with E-state index >= 15 is 0 Å². The lowest BCUT2D eigenvalue weighted by Gasteiger charge is -2.16. The van der Waals surface area contributed by atoms with Crippen LogP contribution in [0.15, 0.2) is 48.7 Å². The van der Waals surface area contributed by atoms with E-state index in [4.69, 9.17) is 9.47 Å². The van der Waals surface area contributed by atoms with Gasteiger partial charge in [0.2, 0.25) is 11.7 Å². The minimum atomic E-state index is -0.984. The molecule has 1 aromatic heterocycles. The van der Waals surface area contributed by atoms with E-state index in [9.17, 15) is 19.2 Å². The summed E-state index contributed by atoms with van der Waals surface area (Å²) in [6, 6.07) is 12.3. The minimum Gasteiger partial charge on any atom is -0.465 e. The van der Waals surface area contributed by atoms with E-state index in [0.29, 0.717) is 35.0 Å². The van der Waals surface area contributed by atoms with Gasteiger partial charge >= 0.3 is 11.9 Å². The Kier molecular flexibility index (Phi) is 6.00. The number of rotatable bonds is 6. The van der Waals surface area contributed by atoms with E-state index in [1.165, 1.54) is 21.0 Å². The molecule has 0 fully saturated rings. The van der Waals surface area contributed by atoms with Crippen LogP contribution in [0.3, 0.4) is 0 Å². The second kappa shape index (κ2) is 8.90. The van der Waals surface area contributed by atoms with Gasteiger partial charge in [-0.3, -0.25) is 14.4 Å². The second-order valence-corrected chi connectivity index (χ2v) is 7.94. The van der Waals surface area contributed by atoms with Gasteiger partial charge in [0.05, 0.1) is 12.7 Å². The smallest absolute Gasteiger partial charge is 0.340 e. The molecular weight excluding hydrogens is 424 g/mol. The van der Waals surface area contributed by atoms with Crippen LogP contribution < -0.4 is 4.90 Å². The van der Waals surface area contributed by atoms with Crippen LogP contribution in [0.1, 0.15) is 40.1 Å². The summed E-state index contributed by atoms with van der Waals surface area (Å²) < 4.78 is 11.8. The van der Waals surface area contributed by atoms with Gasteiger partial charge < -0.3 is 18.9 Å². The molecular formula is C25H24N2O6. The van der Waals surface area contributed by atoms with Crippen molar-refractivity contribution in [2.45, 2.75) is 32.9 Å². The molecule has 0 radical (unpaired) electrons. The summed E-state index contributed by atoms with van der Waals surface area (Å²) in [6.07, 6.45) is 1.24. The molecule has 2 aromatic carbocycles. The zero-order valence-corrected chi connectivity index (χ0v) is 18.7. The highest BCUT2D eigenvalue weighted by Crippen LogP contribution is 2.29. The number of benzene rings is 2. The number of hydrogen-bond donors (Lipinski definition) is 0. The molecule has 8 heteroatoms. The van der Waals surface area contributed by atoms with Gasteiger partial charge in [-0.25, -0.2) is 4.79 Å². The largest absolute Gasteiger partial charge is 0.465 e. The lowest BCUT2D eigenvalue weighted by Crippen LogP contribution is -2.27. The molecule has 0 saturated heterocycles. The molecule has 1 atom stereocenters. The molecule has 0 N–H and O–H groups in total. The number of ether oxygens (including phenoxy) is 2. The number of anilines is 1. The highest BCUT2D eigenvalue weighted by atomic mass is 16.5. The molecule has 33 heavy (non-hydrogen) atoms. The van der Waals surface area contributed by atoms with Crippen molar-refractivity contribution in [3.05, 3.63) is 65.4 Å². The SMILES string of the molecule is COC(=O)c1cn(CC(=O)OC(C)C(=O)c2ccc3c(c2)CCN3C(C)=O)c2ccccc12. The zero-order chi connectivity index (χ0) is 23.7. The molecule has 0 bridgehead atoms. The predicted octanol–water partition coefficient (Wildman–Crippen LogP) is 3.15. The zero-order valence-electron chi connectivity index (χ0n) is 18.7.